The maximum absolute atomic E-state index is 12.8. The van der Waals surface area contributed by atoms with E-state index in [0.717, 1.165) is 17.1 Å². The second-order valence-corrected chi connectivity index (χ2v) is 6.71. The molecular weight excluding hydrogens is 310 g/mol. The van der Waals surface area contributed by atoms with Gasteiger partial charge in [-0.05, 0) is 31.9 Å². The predicted octanol–water partition coefficient (Wildman–Crippen LogP) is 2.72. The lowest BCUT2D eigenvalue weighted by Crippen LogP contribution is -2.53. The highest BCUT2D eigenvalue weighted by molar-refractivity contribution is 7.09. The first-order valence-electron chi connectivity index (χ1n) is 7.63. The van der Waals surface area contributed by atoms with Gasteiger partial charge < -0.3 is 9.80 Å². The molecule has 23 heavy (non-hydrogen) atoms. The quantitative estimate of drug-likeness (QED) is 0.870. The van der Waals surface area contributed by atoms with Crippen LogP contribution in [0.5, 0.6) is 0 Å². The van der Waals surface area contributed by atoms with Crippen molar-refractivity contribution in [1.29, 1.82) is 0 Å². The number of carbonyl (C=O) groups is 2. The Morgan fingerprint density at radius 1 is 1.35 bits per heavy atom. The van der Waals surface area contributed by atoms with E-state index in [9.17, 15) is 9.59 Å². The van der Waals surface area contributed by atoms with Crippen LogP contribution in [0.3, 0.4) is 0 Å². The van der Waals surface area contributed by atoms with Gasteiger partial charge >= 0.3 is 0 Å². The van der Waals surface area contributed by atoms with Crippen molar-refractivity contribution >= 4 is 28.8 Å². The highest BCUT2D eigenvalue weighted by Gasteiger charge is 2.35. The van der Waals surface area contributed by atoms with Crippen molar-refractivity contribution in [2.45, 2.75) is 25.8 Å². The number of likely N-dealkylation sites (N-methyl/N-ethyl adjacent to an activating group) is 1. The minimum absolute atomic E-state index is 0.0229. The Bertz CT molecular complexity index is 714. The number of piperidine rings is 1. The van der Waals surface area contributed by atoms with E-state index in [2.05, 4.69) is 4.98 Å². The fraction of sp³-hybridized carbons (Fsp3) is 0.353. The lowest BCUT2D eigenvalue weighted by molar-refractivity contribution is -0.124. The molecule has 1 aromatic heterocycles. The number of carbonyl (C=O) groups excluding carboxylic acids is 2. The van der Waals surface area contributed by atoms with Crippen molar-refractivity contribution in [2.75, 3.05) is 18.5 Å². The van der Waals surface area contributed by atoms with Gasteiger partial charge in [0.25, 0.3) is 5.91 Å². The van der Waals surface area contributed by atoms with E-state index in [0.29, 0.717) is 18.7 Å². The van der Waals surface area contributed by atoms with Crippen LogP contribution in [0.2, 0.25) is 0 Å². The van der Waals surface area contributed by atoms with Gasteiger partial charge in [0.05, 0.1) is 5.01 Å². The molecule has 2 aromatic rings. The van der Waals surface area contributed by atoms with Crippen LogP contribution in [0.25, 0.3) is 0 Å². The largest absolute Gasteiger partial charge is 0.328 e. The zero-order valence-corrected chi connectivity index (χ0v) is 14.0. The Morgan fingerprint density at radius 2 is 2.09 bits per heavy atom. The van der Waals surface area contributed by atoms with Gasteiger partial charge in [0, 0.05) is 24.7 Å². The third-order valence-corrected chi connectivity index (χ3v) is 4.88. The summed E-state index contributed by atoms with van der Waals surface area (Å²) in [5.74, 6) is -0.215. The molecule has 1 fully saturated rings. The number of amides is 2. The van der Waals surface area contributed by atoms with E-state index in [1.807, 2.05) is 37.3 Å². The van der Waals surface area contributed by atoms with Crippen molar-refractivity contribution in [3.05, 3.63) is 46.4 Å². The summed E-state index contributed by atoms with van der Waals surface area (Å²) in [7, 11) is 1.69. The molecule has 0 unspecified atom stereocenters. The van der Waals surface area contributed by atoms with Gasteiger partial charge in [0.2, 0.25) is 5.91 Å². The van der Waals surface area contributed by atoms with E-state index in [1.54, 1.807) is 17.3 Å². The van der Waals surface area contributed by atoms with Crippen molar-refractivity contribution in [3.63, 3.8) is 0 Å². The molecule has 120 valence electrons. The first kappa shape index (κ1) is 15.7. The van der Waals surface area contributed by atoms with E-state index < -0.39 is 6.04 Å². The summed E-state index contributed by atoms with van der Waals surface area (Å²) >= 11 is 1.44. The second-order valence-electron chi connectivity index (χ2n) is 5.65. The SMILES string of the molecule is Cc1nc(C(=O)N(C)[C@@H]2CCCN(c3ccccc3)C2=O)cs1. The molecule has 1 atom stereocenters. The number of para-hydroxylation sites is 1. The topological polar surface area (TPSA) is 53.5 Å². The maximum atomic E-state index is 12.8. The van der Waals surface area contributed by atoms with Crippen molar-refractivity contribution < 1.29 is 9.59 Å². The zero-order chi connectivity index (χ0) is 16.4. The lowest BCUT2D eigenvalue weighted by atomic mass is 10.0. The fourth-order valence-corrected chi connectivity index (χ4v) is 3.45. The molecular formula is C17H19N3O2S. The van der Waals surface area contributed by atoms with Crippen LogP contribution >= 0.6 is 11.3 Å². The summed E-state index contributed by atoms with van der Waals surface area (Å²) in [5, 5.41) is 2.60. The molecule has 1 aliphatic rings. The fourth-order valence-electron chi connectivity index (χ4n) is 2.86. The molecule has 1 saturated heterocycles. The molecule has 1 aromatic carbocycles. The highest BCUT2D eigenvalue weighted by atomic mass is 32.1. The Morgan fingerprint density at radius 3 is 2.74 bits per heavy atom. The van der Waals surface area contributed by atoms with Crippen LogP contribution in [0.1, 0.15) is 28.3 Å². The Balaban J connectivity index is 1.79. The number of aryl methyl sites for hydroxylation is 1. The van der Waals surface area contributed by atoms with Crippen LogP contribution in [-0.4, -0.2) is 41.3 Å². The predicted molar refractivity (Wildman–Crippen MR) is 90.8 cm³/mol. The van der Waals surface area contributed by atoms with Gasteiger partial charge in [0.15, 0.2) is 0 Å². The summed E-state index contributed by atoms with van der Waals surface area (Å²) in [4.78, 5) is 32.9. The summed E-state index contributed by atoms with van der Waals surface area (Å²) in [6.45, 7) is 2.56. The molecule has 0 bridgehead atoms. The van der Waals surface area contributed by atoms with Gasteiger partial charge in [-0.2, -0.15) is 0 Å². The summed E-state index contributed by atoms with van der Waals surface area (Å²) in [5.41, 5.74) is 1.30. The minimum atomic E-state index is -0.432. The number of thiazole rings is 1. The number of anilines is 1. The summed E-state index contributed by atoms with van der Waals surface area (Å²) in [6, 6.07) is 9.17. The van der Waals surface area contributed by atoms with Crippen LogP contribution in [-0.2, 0) is 4.79 Å². The molecule has 3 rings (SSSR count). The van der Waals surface area contributed by atoms with E-state index in [-0.39, 0.29) is 11.8 Å². The number of hydrogen-bond donors (Lipinski definition) is 0. The van der Waals surface area contributed by atoms with Gasteiger partial charge in [0.1, 0.15) is 11.7 Å². The minimum Gasteiger partial charge on any atom is -0.328 e. The third-order valence-electron chi connectivity index (χ3n) is 4.10. The molecule has 0 aliphatic carbocycles. The lowest BCUT2D eigenvalue weighted by Gasteiger charge is -2.36. The van der Waals surface area contributed by atoms with Crippen LogP contribution in [0.4, 0.5) is 5.69 Å². The average Bonchev–Trinajstić information content (AvgIpc) is 3.01. The standard InChI is InChI=1S/C17H19N3O2S/c1-12-18-14(11-23-12)16(21)19(2)15-9-6-10-20(17(15)22)13-7-4-3-5-8-13/h3-5,7-8,11,15H,6,9-10H2,1-2H3/t15-/m1/s1. The van der Waals surface area contributed by atoms with E-state index in [4.69, 9.17) is 0 Å². The first-order valence-corrected chi connectivity index (χ1v) is 8.51. The molecule has 0 N–H and O–H groups in total. The van der Waals surface area contributed by atoms with E-state index in [1.165, 1.54) is 16.2 Å². The normalized spacial score (nSPS) is 18.1. The van der Waals surface area contributed by atoms with Gasteiger partial charge in [-0.15, -0.1) is 11.3 Å². The smallest absolute Gasteiger partial charge is 0.273 e. The summed E-state index contributed by atoms with van der Waals surface area (Å²) in [6.07, 6.45) is 1.56. The molecule has 2 amide bonds. The van der Waals surface area contributed by atoms with Crippen LogP contribution in [0.15, 0.2) is 35.7 Å². The molecule has 1 aliphatic heterocycles. The molecule has 5 nitrogen and oxygen atoms in total. The van der Waals surface area contributed by atoms with Crippen LogP contribution < -0.4 is 4.90 Å². The molecule has 6 heteroatoms. The molecule has 2 heterocycles. The number of aromatic nitrogens is 1. The highest BCUT2D eigenvalue weighted by Crippen LogP contribution is 2.24. The molecule has 0 spiro atoms. The van der Waals surface area contributed by atoms with Crippen molar-refractivity contribution in [2.24, 2.45) is 0 Å². The van der Waals surface area contributed by atoms with Gasteiger partial charge in [-0.1, -0.05) is 18.2 Å². The monoisotopic (exact) mass is 329 g/mol. The molecule has 0 saturated carbocycles. The second kappa shape index (κ2) is 6.50. The van der Waals surface area contributed by atoms with Gasteiger partial charge in [-0.25, -0.2) is 4.98 Å². The Hall–Kier alpha value is -2.21. The zero-order valence-electron chi connectivity index (χ0n) is 13.2. The Labute approximate surface area is 139 Å². The number of benzene rings is 1. The van der Waals surface area contributed by atoms with Crippen molar-refractivity contribution in [3.8, 4) is 0 Å². The number of nitrogens with zero attached hydrogens (tertiary/aromatic N) is 3. The first-order chi connectivity index (χ1) is 11.1. The average molecular weight is 329 g/mol. The van der Waals surface area contributed by atoms with Gasteiger partial charge in [-0.3, -0.25) is 9.59 Å². The van der Waals surface area contributed by atoms with E-state index >= 15 is 0 Å². The number of rotatable bonds is 3. The molecule has 0 radical (unpaired) electrons. The Kier molecular flexibility index (Phi) is 4.43. The third kappa shape index (κ3) is 3.12. The number of hydrogen-bond acceptors (Lipinski definition) is 4. The summed E-state index contributed by atoms with van der Waals surface area (Å²) < 4.78 is 0. The van der Waals surface area contributed by atoms with Crippen molar-refractivity contribution in [1.82, 2.24) is 9.88 Å². The van der Waals surface area contributed by atoms with Crippen LogP contribution in [0, 0.1) is 6.92 Å². The maximum Gasteiger partial charge on any atom is 0.273 e.